The summed E-state index contributed by atoms with van der Waals surface area (Å²) in [4.78, 5) is 17.2. The Labute approximate surface area is 101 Å². The zero-order valence-corrected chi connectivity index (χ0v) is 10.3. The highest BCUT2D eigenvalue weighted by Crippen LogP contribution is 2.33. The number of aromatic nitrogens is 1. The third kappa shape index (κ3) is 2.96. The van der Waals surface area contributed by atoms with Crippen molar-refractivity contribution in [1.82, 2.24) is 4.98 Å². The number of anilines is 1. The Morgan fingerprint density at radius 3 is 2.82 bits per heavy atom. The number of carboxylic acid groups (broad SMARTS) is 1. The number of hydrogen-bond acceptors (Lipinski definition) is 3. The van der Waals surface area contributed by atoms with Gasteiger partial charge in [0.25, 0.3) is 0 Å². The molecule has 0 bridgehead atoms. The third-order valence-corrected chi connectivity index (χ3v) is 3.08. The zero-order chi connectivity index (χ0) is 12.4. The van der Waals surface area contributed by atoms with Gasteiger partial charge in [-0.25, -0.2) is 0 Å². The smallest absolute Gasteiger partial charge is 0.305 e. The van der Waals surface area contributed by atoms with E-state index in [0.717, 1.165) is 16.9 Å². The standard InChI is InChI=1S/C13H18N2O2/c1-9-8-14-10(2)7-12(9)15(11-3-4-11)6-5-13(16)17/h7-8,11H,3-6H2,1-2H3,(H,16,17). The van der Waals surface area contributed by atoms with Crippen molar-refractivity contribution in [1.29, 1.82) is 0 Å². The first-order valence-electron chi connectivity index (χ1n) is 5.99. The number of rotatable bonds is 5. The van der Waals surface area contributed by atoms with Crippen LogP contribution in [-0.2, 0) is 4.79 Å². The van der Waals surface area contributed by atoms with Crippen LogP contribution in [0.15, 0.2) is 12.3 Å². The molecule has 1 saturated carbocycles. The lowest BCUT2D eigenvalue weighted by molar-refractivity contribution is -0.136. The quantitative estimate of drug-likeness (QED) is 0.848. The maximum atomic E-state index is 10.7. The topological polar surface area (TPSA) is 53.4 Å². The molecule has 0 aromatic carbocycles. The number of hydrogen-bond donors (Lipinski definition) is 1. The summed E-state index contributed by atoms with van der Waals surface area (Å²) < 4.78 is 0. The van der Waals surface area contributed by atoms with Crippen molar-refractivity contribution in [2.75, 3.05) is 11.4 Å². The third-order valence-electron chi connectivity index (χ3n) is 3.08. The number of pyridine rings is 1. The van der Waals surface area contributed by atoms with Gasteiger partial charge in [-0.15, -0.1) is 0 Å². The zero-order valence-electron chi connectivity index (χ0n) is 10.3. The molecule has 0 atom stereocenters. The van der Waals surface area contributed by atoms with E-state index in [9.17, 15) is 4.79 Å². The summed E-state index contributed by atoms with van der Waals surface area (Å²) in [7, 11) is 0. The molecule has 1 aliphatic rings. The van der Waals surface area contributed by atoms with Crippen molar-refractivity contribution in [2.45, 2.75) is 39.2 Å². The van der Waals surface area contributed by atoms with Crippen molar-refractivity contribution in [3.63, 3.8) is 0 Å². The fraction of sp³-hybridized carbons (Fsp3) is 0.538. The van der Waals surface area contributed by atoms with Crippen LogP contribution in [-0.4, -0.2) is 28.6 Å². The molecule has 0 amide bonds. The number of aryl methyl sites for hydroxylation is 2. The Kier molecular flexibility index (Phi) is 3.31. The van der Waals surface area contributed by atoms with Crippen LogP contribution in [0.5, 0.6) is 0 Å². The van der Waals surface area contributed by atoms with Crippen LogP contribution < -0.4 is 4.90 Å². The van der Waals surface area contributed by atoms with E-state index in [2.05, 4.69) is 16.0 Å². The lowest BCUT2D eigenvalue weighted by atomic mass is 10.2. The van der Waals surface area contributed by atoms with E-state index in [1.165, 1.54) is 12.8 Å². The summed E-state index contributed by atoms with van der Waals surface area (Å²) in [5.74, 6) is -0.737. The highest BCUT2D eigenvalue weighted by molar-refractivity contribution is 5.68. The van der Waals surface area contributed by atoms with Crippen LogP contribution >= 0.6 is 0 Å². The Morgan fingerprint density at radius 1 is 1.53 bits per heavy atom. The summed E-state index contributed by atoms with van der Waals surface area (Å²) >= 11 is 0. The first-order chi connectivity index (χ1) is 8.08. The van der Waals surface area contributed by atoms with Crippen LogP contribution in [0.2, 0.25) is 0 Å². The summed E-state index contributed by atoms with van der Waals surface area (Å²) in [6, 6.07) is 2.57. The van der Waals surface area contributed by atoms with Crippen molar-refractivity contribution in [3.8, 4) is 0 Å². The first kappa shape index (κ1) is 11.9. The van der Waals surface area contributed by atoms with Gasteiger partial charge in [0.2, 0.25) is 0 Å². The van der Waals surface area contributed by atoms with Gasteiger partial charge in [0, 0.05) is 30.2 Å². The molecule has 17 heavy (non-hydrogen) atoms. The second-order valence-corrected chi connectivity index (χ2v) is 4.68. The molecule has 4 heteroatoms. The van der Waals surface area contributed by atoms with Gasteiger partial charge in [0.1, 0.15) is 0 Å². The Balaban J connectivity index is 2.19. The van der Waals surface area contributed by atoms with Gasteiger partial charge in [0.15, 0.2) is 0 Å². The largest absolute Gasteiger partial charge is 0.481 e. The lowest BCUT2D eigenvalue weighted by Gasteiger charge is -2.25. The van der Waals surface area contributed by atoms with Crippen LogP contribution in [0.4, 0.5) is 5.69 Å². The fourth-order valence-electron chi connectivity index (χ4n) is 2.03. The van der Waals surface area contributed by atoms with Gasteiger partial charge in [-0.05, 0) is 38.3 Å². The number of nitrogens with zero attached hydrogens (tertiary/aromatic N) is 2. The van der Waals surface area contributed by atoms with E-state index in [4.69, 9.17) is 5.11 Å². The lowest BCUT2D eigenvalue weighted by Crippen LogP contribution is -2.29. The Morgan fingerprint density at radius 2 is 2.24 bits per heavy atom. The molecule has 2 rings (SSSR count). The molecule has 1 aromatic heterocycles. The molecule has 4 nitrogen and oxygen atoms in total. The van der Waals surface area contributed by atoms with Crippen molar-refractivity contribution >= 4 is 11.7 Å². The fourth-order valence-corrected chi connectivity index (χ4v) is 2.03. The molecule has 0 spiro atoms. The van der Waals surface area contributed by atoms with E-state index < -0.39 is 5.97 Å². The van der Waals surface area contributed by atoms with Crippen LogP contribution in [0.3, 0.4) is 0 Å². The Bertz CT molecular complexity index is 427. The molecule has 1 aliphatic carbocycles. The summed E-state index contributed by atoms with van der Waals surface area (Å²) in [6.07, 6.45) is 4.39. The first-order valence-corrected chi connectivity index (χ1v) is 5.99. The molecule has 0 saturated heterocycles. The number of carbonyl (C=O) groups is 1. The van der Waals surface area contributed by atoms with E-state index in [-0.39, 0.29) is 6.42 Å². The number of aliphatic carboxylic acids is 1. The second-order valence-electron chi connectivity index (χ2n) is 4.68. The van der Waals surface area contributed by atoms with E-state index in [1.807, 2.05) is 20.0 Å². The predicted octanol–water partition coefficient (Wildman–Crippen LogP) is 2.14. The van der Waals surface area contributed by atoms with Crippen molar-refractivity contribution in [3.05, 3.63) is 23.5 Å². The molecule has 0 unspecified atom stereocenters. The average Bonchev–Trinajstić information content (AvgIpc) is 3.07. The van der Waals surface area contributed by atoms with Gasteiger partial charge >= 0.3 is 5.97 Å². The van der Waals surface area contributed by atoms with Crippen LogP contribution in [0, 0.1) is 13.8 Å². The number of carboxylic acids is 1. The minimum absolute atomic E-state index is 0.192. The maximum Gasteiger partial charge on any atom is 0.305 e. The second kappa shape index (κ2) is 4.73. The summed E-state index contributed by atoms with van der Waals surface area (Å²) in [5.41, 5.74) is 3.24. The van der Waals surface area contributed by atoms with Gasteiger partial charge < -0.3 is 10.0 Å². The monoisotopic (exact) mass is 234 g/mol. The minimum Gasteiger partial charge on any atom is -0.481 e. The van der Waals surface area contributed by atoms with Gasteiger partial charge in [-0.2, -0.15) is 0 Å². The SMILES string of the molecule is Cc1cc(N(CCC(=O)O)C2CC2)c(C)cn1. The molecule has 1 N–H and O–H groups in total. The van der Waals surface area contributed by atoms with Crippen LogP contribution in [0.25, 0.3) is 0 Å². The predicted molar refractivity (Wildman–Crippen MR) is 66.3 cm³/mol. The average molecular weight is 234 g/mol. The van der Waals surface area contributed by atoms with Crippen LogP contribution in [0.1, 0.15) is 30.5 Å². The molecule has 1 fully saturated rings. The van der Waals surface area contributed by atoms with E-state index >= 15 is 0 Å². The van der Waals surface area contributed by atoms with Crippen molar-refractivity contribution < 1.29 is 9.90 Å². The van der Waals surface area contributed by atoms with E-state index in [0.29, 0.717) is 12.6 Å². The molecule has 92 valence electrons. The molecule has 0 radical (unpaired) electrons. The van der Waals surface area contributed by atoms with Gasteiger partial charge in [0.05, 0.1) is 6.42 Å². The van der Waals surface area contributed by atoms with Gasteiger partial charge in [-0.3, -0.25) is 9.78 Å². The normalized spacial score (nSPS) is 14.7. The summed E-state index contributed by atoms with van der Waals surface area (Å²) in [5, 5.41) is 8.80. The molecular formula is C13H18N2O2. The summed E-state index contributed by atoms with van der Waals surface area (Å²) in [6.45, 7) is 4.58. The molecular weight excluding hydrogens is 216 g/mol. The molecule has 1 heterocycles. The highest BCUT2D eigenvalue weighted by atomic mass is 16.4. The highest BCUT2D eigenvalue weighted by Gasteiger charge is 2.30. The molecule has 1 aromatic rings. The Hall–Kier alpha value is -1.58. The van der Waals surface area contributed by atoms with Crippen molar-refractivity contribution in [2.24, 2.45) is 0 Å². The molecule has 0 aliphatic heterocycles. The van der Waals surface area contributed by atoms with E-state index in [1.54, 1.807) is 0 Å². The maximum absolute atomic E-state index is 10.7. The van der Waals surface area contributed by atoms with Gasteiger partial charge in [-0.1, -0.05) is 0 Å². The minimum atomic E-state index is -0.737.